The molecule has 7 nitrogen and oxygen atoms in total. The molecule has 8 heteroatoms. The average molecular weight is 312 g/mol. The smallest absolute Gasteiger partial charge is 0.271 e. The van der Waals surface area contributed by atoms with Crippen LogP contribution in [-0.4, -0.2) is 35.6 Å². The fourth-order valence-electron chi connectivity index (χ4n) is 2.97. The number of rotatable bonds is 3. The quantitative estimate of drug-likeness (QED) is 0.642. The first kappa shape index (κ1) is 14.2. The maximum absolute atomic E-state index is 12.2. The van der Waals surface area contributed by atoms with Crippen LogP contribution in [0.15, 0.2) is 18.2 Å². The lowest BCUT2D eigenvalue weighted by atomic mass is 9.72. The van der Waals surface area contributed by atoms with Crippen molar-refractivity contribution >= 4 is 23.2 Å². The van der Waals surface area contributed by atoms with Gasteiger partial charge in [-0.1, -0.05) is 11.6 Å². The summed E-state index contributed by atoms with van der Waals surface area (Å²) in [6.07, 6.45) is 0.846. The summed E-state index contributed by atoms with van der Waals surface area (Å²) in [5.41, 5.74) is 5.93. The van der Waals surface area contributed by atoms with Crippen LogP contribution in [0.3, 0.4) is 0 Å². The Kier molecular flexibility index (Phi) is 3.56. The van der Waals surface area contributed by atoms with Gasteiger partial charge in [0.2, 0.25) is 0 Å². The normalized spacial score (nSPS) is 30.4. The number of nitrogens with one attached hydrogen (secondary N) is 1. The second-order valence-electron chi connectivity index (χ2n) is 5.32. The molecular formula is C13H14ClN3O4. The number of hydrogen-bond donors (Lipinski definition) is 2. The van der Waals surface area contributed by atoms with Crippen LogP contribution >= 0.6 is 11.6 Å². The molecule has 112 valence electrons. The molecule has 1 aliphatic carbocycles. The minimum Gasteiger partial charge on any atom is -0.376 e. The Labute approximate surface area is 125 Å². The van der Waals surface area contributed by atoms with Crippen LogP contribution in [0.4, 0.5) is 5.69 Å². The molecule has 1 saturated heterocycles. The Morgan fingerprint density at radius 1 is 1.48 bits per heavy atom. The van der Waals surface area contributed by atoms with E-state index in [2.05, 4.69) is 5.32 Å². The van der Waals surface area contributed by atoms with Crippen LogP contribution in [0, 0.1) is 16.0 Å². The predicted molar refractivity (Wildman–Crippen MR) is 75.2 cm³/mol. The Morgan fingerprint density at radius 2 is 2.24 bits per heavy atom. The second kappa shape index (κ2) is 5.25. The number of nitrogens with zero attached hydrogens (tertiary/aromatic N) is 1. The fraction of sp³-hybridized carbons (Fsp3) is 0.462. The monoisotopic (exact) mass is 311 g/mol. The number of carbonyl (C=O) groups excluding carboxylic acids is 1. The highest BCUT2D eigenvalue weighted by molar-refractivity contribution is 6.31. The number of hydrogen-bond acceptors (Lipinski definition) is 5. The summed E-state index contributed by atoms with van der Waals surface area (Å²) in [4.78, 5) is 22.4. The molecule has 4 atom stereocenters. The molecule has 1 aliphatic heterocycles. The van der Waals surface area contributed by atoms with Crippen LogP contribution in [0.25, 0.3) is 0 Å². The zero-order valence-corrected chi connectivity index (χ0v) is 11.7. The number of non-ortho nitro benzene ring substituents is 1. The van der Waals surface area contributed by atoms with E-state index >= 15 is 0 Å². The molecule has 0 spiro atoms. The summed E-state index contributed by atoms with van der Waals surface area (Å²) in [5, 5.41) is 13.7. The van der Waals surface area contributed by atoms with E-state index in [1.54, 1.807) is 0 Å². The van der Waals surface area contributed by atoms with E-state index in [-0.39, 0.29) is 40.4 Å². The van der Waals surface area contributed by atoms with Gasteiger partial charge in [-0.3, -0.25) is 14.9 Å². The van der Waals surface area contributed by atoms with E-state index in [0.29, 0.717) is 6.61 Å². The summed E-state index contributed by atoms with van der Waals surface area (Å²) in [5.74, 6) is -0.154. The van der Waals surface area contributed by atoms with E-state index in [4.69, 9.17) is 22.1 Å². The maximum Gasteiger partial charge on any atom is 0.271 e. The Balaban J connectivity index is 1.75. The molecule has 21 heavy (non-hydrogen) atoms. The fourth-order valence-corrected chi connectivity index (χ4v) is 3.20. The number of nitrogens with two attached hydrogens (primary N) is 1. The van der Waals surface area contributed by atoms with Gasteiger partial charge < -0.3 is 15.8 Å². The highest BCUT2D eigenvalue weighted by atomic mass is 35.5. The van der Waals surface area contributed by atoms with E-state index in [0.717, 1.165) is 6.42 Å². The zero-order chi connectivity index (χ0) is 15.1. The summed E-state index contributed by atoms with van der Waals surface area (Å²) in [6.45, 7) is 0.651. The number of fused-ring (bicyclic) bond motifs is 1. The molecule has 1 saturated carbocycles. The molecule has 0 aromatic heterocycles. The van der Waals surface area contributed by atoms with Gasteiger partial charge in [0.15, 0.2) is 0 Å². The van der Waals surface area contributed by atoms with Crippen molar-refractivity contribution in [2.75, 3.05) is 6.61 Å². The van der Waals surface area contributed by atoms with Crippen molar-refractivity contribution in [2.24, 2.45) is 11.7 Å². The van der Waals surface area contributed by atoms with Crippen LogP contribution in [0.1, 0.15) is 16.8 Å². The molecule has 2 aliphatic rings. The summed E-state index contributed by atoms with van der Waals surface area (Å²) >= 11 is 5.81. The highest BCUT2D eigenvalue weighted by Gasteiger charge is 2.52. The third-order valence-electron chi connectivity index (χ3n) is 4.10. The summed E-state index contributed by atoms with van der Waals surface area (Å²) < 4.78 is 5.53. The number of amides is 1. The number of benzene rings is 1. The molecule has 0 bridgehead atoms. The van der Waals surface area contributed by atoms with Crippen LogP contribution in [0.5, 0.6) is 0 Å². The van der Waals surface area contributed by atoms with Crippen molar-refractivity contribution < 1.29 is 14.5 Å². The topological polar surface area (TPSA) is 107 Å². The van der Waals surface area contributed by atoms with Crippen molar-refractivity contribution in [3.63, 3.8) is 0 Å². The molecule has 2 fully saturated rings. The third-order valence-corrected chi connectivity index (χ3v) is 4.32. The molecule has 1 aromatic rings. The van der Waals surface area contributed by atoms with Crippen LogP contribution in [0.2, 0.25) is 5.02 Å². The molecular weight excluding hydrogens is 298 g/mol. The molecule has 0 radical (unpaired) electrons. The summed E-state index contributed by atoms with van der Waals surface area (Å²) in [6, 6.07) is 3.38. The van der Waals surface area contributed by atoms with Gasteiger partial charge in [0.25, 0.3) is 11.6 Å². The predicted octanol–water partition coefficient (Wildman–Crippen LogP) is 1.09. The molecule has 3 N–H and O–H groups in total. The van der Waals surface area contributed by atoms with Gasteiger partial charge in [-0.2, -0.15) is 0 Å². The second-order valence-corrected chi connectivity index (χ2v) is 5.76. The van der Waals surface area contributed by atoms with Crippen LogP contribution < -0.4 is 11.1 Å². The van der Waals surface area contributed by atoms with E-state index in [1.165, 1.54) is 18.2 Å². The average Bonchev–Trinajstić information content (AvgIpc) is 2.88. The number of halogens is 1. The van der Waals surface area contributed by atoms with Gasteiger partial charge in [0.1, 0.15) is 0 Å². The summed E-state index contributed by atoms with van der Waals surface area (Å²) in [7, 11) is 0. The standard InChI is InChI=1S/C13H14ClN3O4/c14-7-3-6(4-8(5-7)17(19)20)13(18)16-11-10(15)9-1-2-21-12(9)11/h3-5,9-12H,1-2,15H2,(H,16,18). The molecule has 1 aromatic carbocycles. The Hall–Kier alpha value is -1.70. The Bertz CT molecular complexity index is 609. The van der Waals surface area contributed by atoms with E-state index in [1.807, 2.05) is 0 Å². The van der Waals surface area contributed by atoms with E-state index in [9.17, 15) is 14.9 Å². The van der Waals surface area contributed by atoms with Crippen molar-refractivity contribution in [1.29, 1.82) is 0 Å². The zero-order valence-electron chi connectivity index (χ0n) is 11.0. The minimum absolute atomic E-state index is 0.0573. The molecule has 1 heterocycles. The lowest BCUT2D eigenvalue weighted by molar-refractivity contribution is -0.384. The number of nitro groups is 1. The van der Waals surface area contributed by atoms with Crippen molar-refractivity contribution in [1.82, 2.24) is 5.32 Å². The molecule has 4 unspecified atom stereocenters. The number of nitro benzene ring substituents is 1. The first-order valence-electron chi connectivity index (χ1n) is 6.60. The van der Waals surface area contributed by atoms with E-state index < -0.39 is 10.8 Å². The molecule has 1 amide bonds. The minimum atomic E-state index is -0.589. The first-order valence-corrected chi connectivity index (χ1v) is 6.98. The SMILES string of the molecule is NC1C2CCOC2C1NC(=O)c1cc(Cl)cc([N+](=O)[O-])c1. The molecule has 3 rings (SSSR count). The van der Waals surface area contributed by atoms with Gasteiger partial charge in [-0.15, -0.1) is 0 Å². The van der Waals surface area contributed by atoms with Gasteiger partial charge >= 0.3 is 0 Å². The van der Waals surface area contributed by atoms with Gasteiger partial charge in [-0.25, -0.2) is 0 Å². The largest absolute Gasteiger partial charge is 0.376 e. The van der Waals surface area contributed by atoms with Gasteiger partial charge in [0, 0.05) is 41.3 Å². The van der Waals surface area contributed by atoms with Crippen molar-refractivity contribution in [2.45, 2.75) is 24.6 Å². The maximum atomic E-state index is 12.2. The van der Waals surface area contributed by atoms with Gasteiger partial charge in [0.05, 0.1) is 17.1 Å². The third kappa shape index (κ3) is 2.48. The van der Waals surface area contributed by atoms with Crippen molar-refractivity contribution in [3.05, 3.63) is 38.9 Å². The lowest BCUT2D eigenvalue weighted by Gasteiger charge is -2.45. The van der Waals surface area contributed by atoms with Crippen LogP contribution in [-0.2, 0) is 4.74 Å². The first-order chi connectivity index (χ1) is 9.97. The van der Waals surface area contributed by atoms with Crippen molar-refractivity contribution in [3.8, 4) is 0 Å². The lowest BCUT2D eigenvalue weighted by Crippen LogP contribution is -2.68. The Morgan fingerprint density at radius 3 is 2.95 bits per heavy atom. The highest BCUT2D eigenvalue weighted by Crippen LogP contribution is 2.37. The number of ether oxygens (including phenoxy) is 1. The van der Waals surface area contributed by atoms with Gasteiger partial charge in [-0.05, 0) is 12.5 Å². The number of carbonyl (C=O) groups is 1.